The summed E-state index contributed by atoms with van der Waals surface area (Å²) in [4.78, 5) is 9.47. The largest absolute Gasteiger partial charge is 0.393 e. The number of ether oxygens (including phenoxy) is 1. The normalized spacial score (nSPS) is 23.3. The summed E-state index contributed by atoms with van der Waals surface area (Å²) in [6.07, 6.45) is 4.26. The smallest absolute Gasteiger partial charge is 0.108 e. The third kappa shape index (κ3) is 3.50. The van der Waals surface area contributed by atoms with Gasteiger partial charge in [0.1, 0.15) is 5.60 Å². The fourth-order valence-corrected chi connectivity index (χ4v) is 2.90. The molecule has 5 heteroatoms. The number of aliphatic hydroxyl groups is 1. The van der Waals surface area contributed by atoms with Crippen LogP contribution in [0.2, 0.25) is 0 Å². The number of morpholine rings is 1. The van der Waals surface area contributed by atoms with Gasteiger partial charge in [-0.25, -0.2) is 4.98 Å². The summed E-state index contributed by atoms with van der Waals surface area (Å²) in [7, 11) is 0. The second kappa shape index (κ2) is 6.39. The van der Waals surface area contributed by atoms with Crippen molar-refractivity contribution in [1.29, 1.82) is 0 Å². The molecule has 2 heterocycles. The van der Waals surface area contributed by atoms with Crippen LogP contribution in [0.25, 0.3) is 0 Å². The van der Waals surface area contributed by atoms with Crippen LogP contribution in [-0.2, 0) is 17.7 Å². The zero-order chi connectivity index (χ0) is 14.5. The Bertz CT molecular complexity index is 544. The van der Waals surface area contributed by atoms with Crippen LogP contribution in [0.1, 0.15) is 11.3 Å². The molecule has 112 valence electrons. The maximum Gasteiger partial charge on any atom is 0.108 e. The van der Waals surface area contributed by atoms with Crippen LogP contribution in [0.4, 0.5) is 0 Å². The van der Waals surface area contributed by atoms with Crippen molar-refractivity contribution in [3.8, 4) is 0 Å². The summed E-state index contributed by atoms with van der Waals surface area (Å²) in [5, 5.41) is 9.87. The van der Waals surface area contributed by atoms with E-state index in [1.807, 2.05) is 24.4 Å². The fourth-order valence-electron chi connectivity index (χ4n) is 2.90. The lowest BCUT2D eigenvalue weighted by molar-refractivity contribution is -0.134. The first-order valence-electron chi connectivity index (χ1n) is 7.28. The van der Waals surface area contributed by atoms with Crippen molar-refractivity contribution < 1.29 is 9.84 Å². The molecule has 1 aromatic heterocycles. The lowest BCUT2D eigenvalue weighted by Crippen LogP contribution is -2.55. The van der Waals surface area contributed by atoms with E-state index >= 15 is 0 Å². The first-order valence-corrected chi connectivity index (χ1v) is 7.28. The van der Waals surface area contributed by atoms with Gasteiger partial charge < -0.3 is 14.8 Å². The van der Waals surface area contributed by atoms with E-state index in [1.54, 1.807) is 6.33 Å². The summed E-state index contributed by atoms with van der Waals surface area (Å²) in [5.74, 6) is 0. The Balaban J connectivity index is 1.69. The number of H-pyrrole nitrogens is 1. The third-order valence-electron chi connectivity index (χ3n) is 3.93. The highest BCUT2D eigenvalue weighted by atomic mass is 16.5. The second-order valence-electron chi connectivity index (χ2n) is 5.64. The molecule has 1 aliphatic rings. The first-order chi connectivity index (χ1) is 10.3. The van der Waals surface area contributed by atoms with Gasteiger partial charge in [0.15, 0.2) is 0 Å². The standard InChI is InChI=1S/C16H21N3O2/c20-12-16(8-14-4-2-1-3-5-14)11-19(6-7-21-16)10-15-9-17-13-18-15/h1-5,9,13,20H,6-8,10-12H2,(H,17,18)/t16-/m0/s1. The Morgan fingerprint density at radius 1 is 1.33 bits per heavy atom. The molecule has 0 aliphatic carbocycles. The highest BCUT2D eigenvalue weighted by Crippen LogP contribution is 2.23. The van der Waals surface area contributed by atoms with Crippen molar-refractivity contribution in [2.24, 2.45) is 0 Å². The zero-order valence-electron chi connectivity index (χ0n) is 12.0. The first kappa shape index (κ1) is 14.3. The van der Waals surface area contributed by atoms with Crippen LogP contribution < -0.4 is 0 Å². The van der Waals surface area contributed by atoms with Crippen LogP contribution >= 0.6 is 0 Å². The number of hydrogen-bond donors (Lipinski definition) is 2. The molecule has 1 saturated heterocycles. The molecule has 0 bridgehead atoms. The number of aromatic nitrogens is 2. The lowest BCUT2D eigenvalue weighted by atomic mass is 9.93. The number of hydrogen-bond acceptors (Lipinski definition) is 4. The van der Waals surface area contributed by atoms with E-state index in [0.717, 1.165) is 31.7 Å². The van der Waals surface area contributed by atoms with Crippen molar-refractivity contribution in [3.63, 3.8) is 0 Å². The highest BCUT2D eigenvalue weighted by Gasteiger charge is 2.36. The molecule has 0 unspecified atom stereocenters. The summed E-state index contributed by atoms with van der Waals surface area (Å²) in [5.41, 5.74) is 1.76. The predicted octanol–water partition coefficient (Wildman–Crippen LogP) is 1.22. The van der Waals surface area contributed by atoms with Crippen molar-refractivity contribution in [2.75, 3.05) is 26.3 Å². The van der Waals surface area contributed by atoms with E-state index in [-0.39, 0.29) is 6.61 Å². The van der Waals surface area contributed by atoms with Crippen LogP contribution in [0, 0.1) is 0 Å². The van der Waals surface area contributed by atoms with Gasteiger partial charge in [-0.3, -0.25) is 4.90 Å². The van der Waals surface area contributed by atoms with E-state index in [2.05, 4.69) is 27.0 Å². The van der Waals surface area contributed by atoms with Gasteiger partial charge >= 0.3 is 0 Å². The van der Waals surface area contributed by atoms with Crippen LogP contribution in [-0.4, -0.2) is 51.9 Å². The molecule has 0 spiro atoms. The molecule has 2 aromatic rings. The lowest BCUT2D eigenvalue weighted by Gasteiger charge is -2.41. The molecule has 3 rings (SSSR count). The number of imidazole rings is 1. The maximum absolute atomic E-state index is 9.87. The molecule has 1 fully saturated rings. The number of nitrogens with zero attached hydrogens (tertiary/aromatic N) is 2. The fraction of sp³-hybridized carbons (Fsp3) is 0.438. The number of benzene rings is 1. The molecule has 21 heavy (non-hydrogen) atoms. The van der Waals surface area contributed by atoms with Gasteiger partial charge in [-0.15, -0.1) is 0 Å². The maximum atomic E-state index is 9.87. The van der Waals surface area contributed by atoms with Crippen molar-refractivity contribution in [2.45, 2.75) is 18.6 Å². The summed E-state index contributed by atoms with van der Waals surface area (Å²) < 4.78 is 5.95. The summed E-state index contributed by atoms with van der Waals surface area (Å²) >= 11 is 0. The monoisotopic (exact) mass is 287 g/mol. The molecule has 1 aliphatic heterocycles. The van der Waals surface area contributed by atoms with E-state index in [1.165, 1.54) is 5.56 Å². The van der Waals surface area contributed by atoms with Crippen LogP contribution in [0.15, 0.2) is 42.9 Å². The molecule has 1 aromatic carbocycles. The molecular formula is C16H21N3O2. The highest BCUT2D eigenvalue weighted by molar-refractivity contribution is 5.18. The molecule has 5 nitrogen and oxygen atoms in total. The van der Waals surface area contributed by atoms with Gasteiger partial charge in [0.25, 0.3) is 0 Å². The predicted molar refractivity (Wildman–Crippen MR) is 79.8 cm³/mol. The van der Waals surface area contributed by atoms with Gasteiger partial charge in [0.05, 0.1) is 19.5 Å². The third-order valence-corrected chi connectivity index (χ3v) is 3.93. The average Bonchev–Trinajstić information content (AvgIpc) is 3.01. The number of nitrogens with one attached hydrogen (secondary N) is 1. The second-order valence-corrected chi connectivity index (χ2v) is 5.64. The Morgan fingerprint density at radius 3 is 2.90 bits per heavy atom. The van der Waals surface area contributed by atoms with E-state index in [0.29, 0.717) is 6.61 Å². The number of aliphatic hydroxyl groups excluding tert-OH is 1. The van der Waals surface area contributed by atoms with Crippen molar-refractivity contribution in [1.82, 2.24) is 14.9 Å². The van der Waals surface area contributed by atoms with E-state index in [4.69, 9.17) is 4.74 Å². The minimum Gasteiger partial charge on any atom is -0.393 e. The quantitative estimate of drug-likeness (QED) is 0.868. The van der Waals surface area contributed by atoms with Gasteiger partial charge in [-0.2, -0.15) is 0 Å². The summed E-state index contributed by atoms with van der Waals surface area (Å²) in [6, 6.07) is 10.2. The van der Waals surface area contributed by atoms with Gasteiger partial charge in [0, 0.05) is 37.9 Å². The van der Waals surface area contributed by atoms with Gasteiger partial charge in [-0.1, -0.05) is 30.3 Å². The SMILES string of the molecule is OC[C@]1(Cc2ccccc2)CN(Cc2cnc[nH]2)CCO1. The zero-order valence-corrected chi connectivity index (χ0v) is 12.0. The Morgan fingerprint density at radius 2 is 2.19 bits per heavy atom. The minimum absolute atomic E-state index is 0.0291. The van der Waals surface area contributed by atoms with Crippen molar-refractivity contribution in [3.05, 3.63) is 54.1 Å². The number of rotatable bonds is 5. The molecular weight excluding hydrogens is 266 g/mol. The minimum atomic E-state index is -0.514. The van der Waals surface area contributed by atoms with E-state index in [9.17, 15) is 5.11 Å². The molecule has 0 saturated carbocycles. The Hall–Kier alpha value is -1.69. The number of aromatic amines is 1. The molecule has 0 amide bonds. The Labute approximate surface area is 124 Å². The molecule has 0 radical (unpaired) electrons. The van der Waals surface area contributed by atoms with Gasteiger partial charge in [0.2, 0.25) is 0 Å². The van der Waals surface area contributed by atoms with Crippen molar-refractivity contribution >= 4 is 0 Å². The van der Waals surface area contributed by atoms with E-state index < -0.39 is 5.60 Å². The van der Waals surface area contributed by atoms with Gasteiger partial charge in [-0.05, 0) is 5.56 Å². The van der Waals surface area contributed by atoms with Crippen LogP contribution in [0.5, 0.6) is 0 Å². The topological polar surface area (TPSA) is 61.4 Å². The summed E-state index contributed by atoms with van der Waals surface area (Å²) in [6.45, 7) is 3.07. The Kier molecular flexibility index (Phi) is 4.34. The molecule has 1 atom stereocenters. The van der Waals surface area contributed by atoms with Crippen LogP contribution in [0.3, 0.4) is 0 Å². The molecule has 2 N–H and O–H groups in total. The average molecular weight is 287 g/mol.